The molecular weight excluding hydrogens is 152 g/mol. The van der Waals surface area contributed by atoms with Gasteiger partial charge < -0.3 is 9.84 Å². The molecular formula is C10H12O2. The summed E-state index contributed by atoms with van der Waals surface area (Å²) >= 11 is 0. The molecule has 2 heteroatoms. The summed E-state index contributed by atoms with van der Waals surface area (Å²) in [6, 6.07) is 6.92. The fourth-order valence-electron chi connectivity index (χ4n) is 0.813. The Hall–Kier alpha value is -1.44. The second kappa shape index (κ2) is 4.44. The Morgan fingerprint density at radius 3 is 2.83 bits per heavy atom. The summed E-state index contributed by atoms with van der Waals surface area (Å²) in [4.78, 5) is 0. The molecule has 0 radical (unpaired) electrons. The van der Waals surface area contributed by atoms with Gasteiger partial charge in [-0.2, -0.15) is 0 Å². The van der Waals surface area contributed by atoms with E-state index in [-0.39, 0.29) is 5.75 Å². The lowest BCUT2D eigenvalue weighted by atomic mass is 10.3. The second-order valence-corrected chi connectivity index (χ2v) is 2.35. The third-order valence-corrected chi connectivity index (χ3v) is 1.44. The highest BCUT2D eigenvalue weighted by molar-refractivity contribution is 5.37. The van der Waals surface area contributed by atoms with E-state index in [1.165, 1.54) is 0 Å². The van der Waals surface area contributed by atoms with Gasteiger partial charge in [0.05, 0.1) is 0 Å². The van der Waals surface area contributed by atoms with Crippen LogP contribution in [0.2, 0.25) is 0 Å². The number of allylic oxidation sites excluding steroid dienone is 1. The van der Waals surface area contributed by atoms with Gasteiger partial charge in [0.25, 0.3) is 0 Å². The Balaban J connectivity index is 2.57. The fraction of sp³-hybridized carbons (Fsp3) is 0.200. The van der Waals surface area contributed by atoms with E-state index in [0.29, 0.717) is 12.4 Å². The molecule has 1 N–H and O–H groups in total. The van der Waals surface area contributed by atoms with Crippen LogP contribution in [0.5, 0.6) is 11.5 Å². The highest BCUT2D eigenvalue weighted by Crippen LogP contribution is 2.23. The quantitative estimate of drug-likeness (QED) is 0.695. The summed E-state index contributed by atoms with van der Waals surface area (Å²) in [5, 5.41) is 9.26. The lowest BCUT2D eigenvalue weighted by Crippen LogP contribution is -1.92. The molecule has 0 heterocycles. The van der Waals surface area contributed by atoms with Gasteiger partial charge in [-0.1, -0.05) is 24.3 Å². The van der Waals surface area contributed by atoms with Crippen molar-refractivity contribution in [2.24, 2.45) is 0 Å². The van der Waals surface area contributed by atoms with E-state index in [9.17, 15) is 5.11 Å². The summed E-state index contributed by atoms with van der Waals surface area (Å²) in [5.41, 5.74) is 0. The van der Waals surface area contributed by atoms with Gasteiger partial charge in [0.15, 0.2) is 11.5 Å². The lowest BCUT2D eigenvalue weighted by Gasteiger charge is -2.03. The van der Waals surface area contributed by atoms with E-state index in [1.54, 1.807) is 18.2 Å². The number of aromatic hydroxyl groups is 1. The van der Waals surface area contributed by atoms with Crippen LogP contribution in [-0.2, 0) is 0 Å². The molecule has 0 bridgehead atoms. The molecule has 0 atom stereocenters. The predicted octanol–water partition coefficient (Wildman–Crippen LogP) is 2.35. The lowest BCUT2D eigenvalue weighted by molar-refractivity contribution is 0.336. The van der Waals surface area contributed by atoms with Gasteiger partial charge in [-0.3, -0.25) is 0 Å². The molecule has 0 aliphatic carbocycles. The molecule has 1 rings (SSSR count). The number of phenols is 1. The smallest absolute Gasteiger partial charge is 0.161 e. The summed E-state index contributed by atoms with van der Waals surface area (Å²) < 4.78 is 5.24. The van der Waals surface area contributed by atoms with Crippen LogP contribution < -0.4 is 4.74 Å². The van der Waals surface area contributed by atoms with Crippen molar-refractivity contribution < 1.29 is 9.84 Å². The van der Waals surface area contributed by atoms with Gasteiger partial charge in [-0.05, 0) is 19.1 Å². The second-order valence-electron chi connectivity index (χ2n) is 2.35. The average Bonchev–Trinajstić information content (AvgIpc) is 2.09. The first-order valence-electron chi connectivity index (χ1n) is 3.86. The number of ether oxygens (including phenoxy) is 1. The van der Waals surface area contributed by atoms with Crippen molar-refractivity contribution >= 4 is 0 Å². The van der Waals surface area contributed by atoms with Crippen molar-refractivity contribution in [1.29, 1.82) is 0 Å². The summed E-state index contributed by atoms with van der Waals surface area (Å²) in [5.74, 6) is 0.706. The minimum Gasteiger partial charge on any atom is -0.504 e. The number of hydrogen-bond acceptors (Lipinski definition) is 2. The summed E-state index contributed by atoms with van der Waals surface area (Å²) in [6.45, 7) is 2.42. The minimum atomic E-state index is 0.182. The molecule has 0 fully saturated rings. The molecule has 1 aromatic rings. The van der Waals surface area contributed by atoms with E-state index >= 15 is 0 Å². The minimum absolute atomic E-state index is 0.182. The van der Waals surface area contributed by atoms with Gasteiger partial charge in [0.1, 0.15) is 6.61 Å². The van der Waals surface area contributed by atoms with Crippen LogP contribution in [0.3, 0.4) is 0 Å². The van der Waals surface area contributed by atoms with Crippen LogP contribution in [0, 0.1) is 0 Å². The Kier molecular flexibility index (Phi) is 3.20. The molecule has 0 aliphatic rings. The van der Waals surface area contributed by atoms with Crippen LogP contribution >= 0.6 is 0 Å². The highest BCUT2D eigenvalue weighted by Gasteiger charge is 1.96. The van der Waals surface area contributed by atoms with Crippen LogP contribution in [0.1, 0.15) is 6.92 Å². The molecule has 0 unspecified atom stereocenters. The highest BCUT2D eigenvalue weighted by atomic mass is 16.5. The topological polar surface area (TPSA) is 29.5 Å². The van der Waals surface area contributed by atoms with E-state index in [0.717, 1.165) is 0 Å². The number of hydrogen-bond donors (Lipinski definition) is 1. The zero-order chi connectivity index (χ0) is 8.81. The third kappa shape index (κ3) is 2.31. The first kappa shape index (κ1) is 8.65. The average molecular weight is 164 g/mol. The standard InChI is InChI=1S/C10H12O2/c1-2-3-8-12-10-7-5-4-6-9(10)11/h2-7,11H,8H2,1H3. The van der Waals surface area contributed by atoms with E-state index in [4.69, 9.17) is 4.74 Å². The van der Waals surface area contributed by atoms with E-state index in [1.807, 2.05) is 25.1 Å². The van der Waals surface area contributed by atoms with Crippen molar-refractivity contribution in [2.75, 3.05) is 6.61 Å². The molecule has 12 heavy (non-hydrogen) atoms. The molecule has 0 aliphatic heterocycles. The number of phenolic OH excluding ortho intramolecular Hbond substituents is 1. The van der Waals surface area contributed by atoms with E-state index < -0.39 is 0 Å². The molecule has 64 valence electrons. The van der Waals surface area contributed by atoms with Crippen LogP contribution in [0.4, 0.5) is 0 Å². The normalized spacial score (nSPS) is 10.4. The van der Waals surface area contributed by atoms with Crippen molar-refractivity contribution in [3.8, 4) is 11.5 Å². The summed E-state index contributed by atoms with van der Waals surface area (Å²) in [7, 11) is 0. The SMILES string of the molecule is CC=CCOc1ccccc1O. The maximum atomic E-state index is 9.26. The molecule has 0 amide bonds. The zero-order valence-corrected chi connectivity index (χ0v) is 7.03. The van der Waals surface area contributed by atoms with Gasteiger partial charge in [0, 0.05) is 0 Å². The first-order chi connectivity index (χ1) is 5.84. The Morgan fingerprint density at radius 1 is 1.42 bits per heavy atom. The third-order valence-electron chi connectivity index (χ3n) is 1.44. The molecule has 0 saturated carbocycles. The van der Waals surface area contributed by atoms with Crippen LogP contribution in [0.25, 0.3) is 0 Å². The van der Waals surface area contributed by atoms with Crippen molar-refractivity contribution in [3.63, 3.8) is 0 Å². The van der Waals surface area contributed by atoms with Crippen LogP contribution in [-0.4, -0.2) is 11.7 Å². The number of rotatable bonds is 3. The first-order valence-corrected chi connectivity index (χ1v) is 3.86. The van der Waals surface area contributed by atoms with Crippen LogP contribution in [0.15, 0.2) is 36.4 Å². The van der Waals surface area contributed by atoms with E-state index in [2.05, 4.69) is 0 Å². The predicted molar refractivity (Wildman–Crippen MR) is 48.4 cm³/mol. The Bertz CT molecular complexity index is 266. The summed E-state index contributed by atoms with van der Waals surface area (Å²) in [6.07, 6.45) is 3.78. The molecule has 0 aromatic heterocycles. The van der Waals surface area contributed by atoms with Gasteiger partial charge in [-0.25, -0.2) is 0 Å². The molecule has 0 spiro atoms. The fourth-order valence-corrected chi connectivity index (χ4v) is 0.813. The number of para-hydroxylation sites is 2. The maximum Gasteiger partial charge on any atom is 0.161 e. The number of benzene rings is 1. The zero-order valence-electron chi connectivity index (χ0n) is 7.03. The molecule has 2 nitrogen and oxygen atoms in total. The van der Waals surface area contributed by atoms with Gasteiger partial charge in [-0.15, -0.1) is 0 Å². The maximum absolute atomic E-state index is 9.26. The largest absolute Gasteiger partial charge is 0.504 e. The van der Waals surface area contributed by atoms with Crippen molar-refractivity contribution in [2.45, 2.75) is 6.92 Å². The molecule has 0 saturated heterocycles. The Labute approximate surface area is 72.1 Å². The van der Waals surface area contributed by atoms with Gasteiger partial charge in [0.2, 0.25) is 0 Å². The van der Waals surface area contributed by atoms with Gasteiger partial charge >= 0.3 is 0 Å². The van der Waals surface area contributed by atoms with Crippen molar-refractivity contribution in [3.05, 3.63) is 36.4 Å². The monoisotopic (exact) mass is 164 g/mol. The Morgan fingerprint density at radius 2 is 2.17 bits per heavy atom. The molecule has 1 aromatic carbocycles. The van der Waals surface area contributed by atoms with Crippen molar-refractivity contribution in [1.82, 2.24) is 0 Å².